The highest BCUT2D eigenvalue weighted by molar-refractivity contribution is 5.60. The Kier molecular flexibility index (Phi) is 6.52. The number of aliphatic hydroxyl groups is 1. The fourth-order valence-electron chi connectivity index (χ4n) is 3.39. The van der Waals surface area contributed by atoms with Gasteiger partial charge >= 0.3 is 0 Å². The Labute approximate surface area is 134 Å². The third kappa shape index (κ3) is 4.62. The minimum atomic E-state index is 0.237. The molecular formula is C18H30N2O2. The van der Waals surface area contributed by atoms with Crippen LogP contribution in [0.5, 0.6) is 5.75 Å². The topological polar surface area (TPSA) is 44.7 Å². The van der Waals surface area contributed by atoms with E-state index in [0.29, 0.717) is 0 Å². The van der Waals surface area contributed by atoms with Gasteiger partial charge in [-0.1, -0.05) is 19.9 Å². The number of nitrogens with one attached hydrogen (secondary N) is 1. The molecule has 0 saturated carbocycles. The van der Waals surface area contributed by atoms with E-state index in [4.69, 9.17) is 9.84 Å². The van der Waals surface area contributed by atoms with Gasteiger partial charge in [0.25, 0.3) is 0 Å². The first-order valence-electron chi connectivity index (χ1n) is 8.37. The maximum absolute atomic E-state index is 8.80. The first-order valence-corrected chi connectivity index (χ1v) is 8.37. The smallest absolute Gasteiger partial charge is 0.142 e. The van der Waals surface area contributed by atoms with Gasteiger partial charge in [0.2, 0.25) is 0 Å². The number of nitrogens with zero attached hydrogens (tertiary/aromatic N) is 1. The van der Waals surface area contributed by atoms with E-state index in [9.17, 15) is 0 Å². The fraction of sp³-hybridized carbons (Fsp3) is 0.667. The second-order valence-electron chi connectivity index (χ2n) is 6.61. The summed E-state index contributed by atoms with van der Waals surface area (Å²) < 4.78 is 5.63. The average molecular weight is 306 g/mol. The number of benzene rings is 1. The van der Waals surface area contributed by atoms with Crippen LogP contribution in [0.4, 0.5) is 5.69 Å². The zero-order valence-corrected chi connectivity index (χ0v) is 14.1. The highest BCUT2D eigenvalue weighted by Gasteiger charge is 2.23. The van der Waals surface area contributed by atoms with E-state index in [2.05, 4.69) is 42.3 Å². The number of hydrogen-bond donors (Lipinski definition) is 2. The zero-order valence-electron chi connectivity index (χ0n) is 14.1. The highest BCUT2D eigenvalue weighted by Crippen LogP contribution is 2.33. The Balaban J connectivity index is 2.05. The summed E-state index contributed by atoms with van der Waals surface area (Å²) in [6.07, 6.45) is 2.10. The van der Waals surface area contributed by atoms with Crippen molar-refractivity contribution in [2.24, 2.45) is 11.8 Å². The summed E-state index contributed by atoms with van der Waals surface area (Å²) in [5.41, 5.74) is 2.43. The van der Waals surface area contributed by atoms with Crippen LogP contribution in [0.1, 0.15) is 32.3 Å². The van der Waals surface area contributed by atoms with E-state index in [1.165, 1.54) is 17.7 Å². The maximum Gasteiger partial charge on any atom is 0.142 e. The molecule has 22 heavy (non-hydrogen) atoms. The maximum atomic E-state index is 8.80. The Morgan fingerprint density at radius 3 is 2.64 bits per heavy atom. The fourth-order valence-corrected chi connectivity index (χ4v) is 3.39. The minimum Gasteiger partial charge on any atom is -0.495 e. The van der Waals surface area contributed by atoms with Crippen molar-refractivity contribution in [3.8, 4) is 5.75 Å². The van der Waals surface area contributed by atoms with Gasteiger partial charge < -0.3 is 20.1 Å². The number of ether oxygens (including phenoxy) is 1. The summed E-state index contributed by atoms with van der Waals surface area (Å²) >= 11 is 0. The largest absolute Gasteiger partial charge is 0.495 e. The lowest BCUT2D eigenvalue weighted by Crippen LogP contribution is -2.38. The number of rotatable bonds is 7. The van der Waals surface area contributed by atoms with Gasteiger partial charge in [-0.2, -0.15) is 0 Å². The van der Waals surface area contributed by atoms with Crippen LogP contribution >= 0.6 is 0 Å². The first kappa shape index (κ1) is 17.1. The predicted octanol–water partition coefficient (Wildman–Crippen LogP) is 2.65. The van der Waals surface area contributed by atoms with Crippen LogP contribution in [0.2, 0.25) is 0 Å². The molecule has 2 unspecified atom stereocenters. The van der Waals surface area contributed by atoms with Gasteiger partial charge in [-0.05, 0) is 48.9 Å². The van der Waals surface area contributed by atoms with E-state index in [1.54, 1.807) is 7.11 Å². The molecule has 1 aliphatic heterocycles. The van der Waals surface area contributed by atoms with Crippen molar-refractivity contribution in [1.29, 1.82) is 0 Å². The molecule has 0 aliphatic carbocycles. The molecule has 0 radical (unpaired) electrons. The second kappa shape index (κ2) is 8.39. The minimum absolute atomic E-state index is 0.237. The quantitative estimate of drug-likeness (QED) is 0.760. The van der Waals surface area contributed by atoms with E-state index >= 15 is 0 Å². The monoisotopic (exact) mass is 306 g/mol. The van der Waals surface area contributed by atoms with E-state index in [0.717, 1.165) is 50.2 Å². The highest BCUT2D eigenvalue weighted by atomic mass is 16.5. The molecule has 1 fully saturated rings. The summed E-state index contributed by atoms with van der Waals surface area (Å²) in [5.74, 6) is 2.42. The third-order valence-corrected chi connectivity index (χ3v) is 4.29. The molecule has 124 valence electrons. The molecule has 4 nitrogen and oxygen atoms in total. The zero-order chi connectivity index (χ0) is 15.9. The first-order chi connectivity index (χ1) is 10.6. The second-order valence-corrected chi connectivity index (χ2v) is 6.61. The van der Waals surface area contributed by atoms with Crippen LogP contribution in [-0.4, -0.2) is 38.5 Å². The van der Waals surface area contributed by atoms with Gasteiger partial charge in [0.05, 0.1) is 12.8 Å². The molecule has 1 saturated heterocycles. The number of methoxy groups -OCH3 is 1. The Morgan fingerprint density at radius 2 is 2.00 bits per heavy atom. The normalized spacial score (nSPS) is 21.9. The van der Waals surface area contributed by atoms with Crippen molar-refractivity contribution in [3.05, 3.63) is 23.8 Å². The molecule has 1 heterocycles. The molecule has 2 N–H and O–H groups in total. The molecule has 0 aromatic heterocycles. The molecule has 0 bridgehead atoms. The Hall–Kier alpha value is -1.26. The Morgan fingerprint density at radius 1 is 1.27 bits per heavy atom. The standard InChI is InChI=1S/C18H30N2O2/c1-14-9-15(2)13-20(12-14)17-6-5-16(10-18(17)22-3)11-19-7-4-8-21/h5-6,10,14-15,19,21H,4,7-9,11-13H2,1-3H3. The van der Waals surface area contributed by atoms with Crippen LogP contribution in [0.15, 0.2) is 18.2 Å². The summed E-state index contributed by atoms with van der Waals surface area (Å²) in [6, 6.07) is 6.49. The molecule has 1 aromatic carbocycles. The van der Waals surface area contributed by atoms with Gasteiger partial charge in [0.1, 0.15) is 5.75 Å². The van der Waals surface area contributed by atoms with Crippen molar-refractivity contribution < 1.29 is 9.84 Å². The third-order valence-electron chi connectivity index (χ3n) is 4.29. The van der Waals surface area contributed by atoms with Crippen molar-refractivity contribution in [2.45, 2.75) is 33.2 Å². The molecule has 2 rings (SSSR count). The van der Waals surface area contributed by atoms with Crippen molar-refractivity contribution in [3.63, 3.8) is 0 Å². The van der Waals surface area contributed by atoms with Crippen LogP contribution in [-0.2, 0) is 6.54 Å². The van der Waals surface area contributed by atoms with Gasteiger partial charge in [-0.3, -0.25) is 0 Å². The van der Waals surface area contributed by atoms with Gasteiger partial charge in [-0.25, -0.2) is 0 Å². The van der Waals surface area contributed by atoms with Gasteiger partial charge in [0, 0.05) is 26.2 Å². The molecular weight excluding hydrogens is 276 g/mol. The predicted molar refractivity (Wildman–Crippen MR) is 91.6 cm³/mol. The number of hydrogen-bond acceptors (Lipinski definition) is 4. The summed E-state index contributed by atoms with van der Waals surface area (Å²) in [5, 5.41) is 12.1. The van der Waals surface area contributed by atoms with Crippen LogP contribution in [0.3, 0.4) is 0 Å². The summed E-state index contributed by atoms with van der Waals surface area (Å²) in [6.45, 7) is 8.75. The molecule has 0 spiro atoms. The van der Waals surface area contributed by atoms with E-state index in [1.807, 2.05) is 0 Å². The molecule has 1 aliphatic rings. The van der Waals surface area contributed by atoms with Crippen molar-refractivity contribution >= 4 is 5.69 Å². The van der Waals surface area contributed by atoms with Crippen LogP contribution in [0, 0.1) is 11.8 Å². The lowest BCUT2D eigenvalue weighted by Gasteiger charge is -2.37. The van der Waals surface area contributed by atoms with E-state index in [-0.39, 0.29) is 6.61 Å². The van der Waals surface area contributed by atoms with Crippen molar-refractivity contribution in [2.75, 3.05) is 38.3 Å². The molecule has 0 amide bonds. The van der Waals surface area contributed by atoms with Crippen LogP contribution < -0.4 is 15.0 Å². The number of anilines is 1. The van der Waals surface area contributed by atoms with Crippen LogP contribution in [0.25, 0.3) is 0 Å². The Bertz CT molecular complexity index is 454. The van der Waals surface area contributed by atoms with E-state index < -0.39 is 0 Å². The lowest BCUT2D eigenvalue weighted by molar-refractivity contribution is 0.286. The molecule has 1 aromatic rings. The number of aliphatic hydroxyl groups excluding tert-OH is 1. The molecule has 4 heteroatoms. The summed E-state index contributed by atoms with van der Waals surface area (Å²) in [7, 11) is 1.75. The van der Waals surface area contributed by atoms with Gasteiger partial charge in [-0.15, -0.1) is 0 Å². The average Bonchev–Trinajstić information content (AvgIpc) is 2.50. The summed E-state index contributed by atoms with van der Waals surface area (Å²) in [4.78, 5) is 2.46. The number of piperidine rings is 1. The lowest BCUT2D eigenvalue weighted by atomic mass is 9.91. The SMILES string of the molecule is COc1cc(CNCCCO)ccc1N1CC(C)CC(C)C1. The van der Waals surface area contributed by atoms with Crippen molar-refractivity contribution in [1.82, 2.24) is 5.32 Å². The molecule has 2 atom stereocenters. The van der Waals surface area contributed by atoms with Gasteiger partial charge in [0.15, 0.2) is 0 Å².